The Kier molecular flexibility index (Phi) is 3.68. The Hall–Kier alpha value is -2.81. The maximum Gasteiger partial charge on any atom is 0.138 e. The Bertz CT molecular complexity index is 803. The van der Waals surface area contributed by atoms with Gasteiger partial charge in [-0.2, -0.15) is 0 Å². The lowest BCUT2D eigenvalue weighted by Gasteiger charge is -2.22. The maximum absolute atomic E-state index is 4.78. The second-order valence-electron chi connectivity index (χ2n) is 5.83. The van der Waals surface area contributed by atoms with Crippen molar-refractivity contribution >= 4 is 6.08 Å². The highest BCUT2D eigenvalue weighted by Crippen LogP contribution is 2.23. The molecule has 0 aliphatic carbocycles. The molecule has 0 fully saturated rings. The van der Waals surface area contributed by atoms with E-state index >= 15 is 0 Å². The molecule has 4 rings (SSSR count). The fourth-order valence-electron chi connectivity index (χ4n) is 2.91. The average molecular weight is 301 g/mol. The topological polar surface area (TPSA) is 31.9 Å². The molecular weight excluding hydrogens is 282 g/mol. The highest BCUT2D eigenvalue weighted by molar-refractivity contribution is 5.60. The number of fused-ring (bicyclic) bond motifs is 1. The lowest BCUT2D eigenvalue weighted by atomic mass is 10.1. The normalized spacial score (nSPS) is 13.1. The van der Waals surface area contributed by atoms with Crippen molar-refractivity contribution in [1.29, 1.82) is 0 Å². The van der Waals surface area contributed by atoms with Crippen LogP contribution >= 0.6 is 0 Å². The zero-order valence-corrected chi connectivity index (χ0v) is 12.9. The SMILES string of the molecule is C1=CN(CCc2ccccc2)Cc2nc(-c3ccccc3)[nH]c21. The molecule has 0 amide bonds. The molecule has 1 N–H and O–H groups in total. The Morgan fingerprint density at radius 1 is 0.957 bits per heavy atom. The minimum atomic E-state index is 0.863. The van der Waals surface area contributed by atoms with E-state index in [1.165, 1.54) is 5.56 Å². The first-order valence-electron chi connectivity index (χ1n) is 7.99. The van der Waals surface area contributed by atoms with E-state index in [4.69, 9.17) is 4.98 Å². The number of nitrogens with one attached hydrogen (secondary N) is 1. The molecule has 1 aliphatic heterocycles. The van der Waals surface area contributed by atoms with E-state index in [1.54, 1.807) is 0 Å². The predicted molar refractivity (Wildman–Crippen MR) is 93.6 cm³/mol. The second kappa shape index (κ2) is 6.13. The second-order valence-corrected chi connectivity index (χ2v) is 5.83. The van der Waals surface area contributed by atoms with Crippen LogP contribution in [-0.2, 0) is 13.0 Å². The molecule has 0 spiro atoms. The lowest BCUT2D eigenvalue weighted by molar-refractivity contribution is 0.367. The first-order valence-corrected chi connectivity index (χ1v) is 7.99. The van der Waals surface area contributed by atoms with Gasteiger partial charge in [-0.1, -0.05) is 60.7 Å². The number of rotatable bonds is 4. The molecule has 3 aromatic rings. The molecule has 3 heteroatoms. The third-order valence-electron chi connectivity index (χ3n) is 4.19. The highest BCUT2D eigenvalue weighted by Gasteiger charge is 2.15. The monoisotopic (exact) mass is 301 g/mol. The number of aromatic amines is 1. The zero-order chi connectivity index (χ0) is 15.5. The Morgan fingerprint density at radius 3 is 2.48 bits per heavy atom. The number of aromatic nitrogens is 2. The Balaban J connectivity index is 1.46. The molecule has 1 aromatic heterocycles. The molecule has 0 unspecified atom stereocenters. The summed E-state index contributed by atoms with van der Waals surface area (Å²) in [5.74, 6) is 0.949. The quantitative estimate of drug-likeness (QED) is 0.786. The maximum atomic E-state index is 4.78. The molecule has 0 atom stereocenters. The number of hydrogen-bond donors (Lipinski definition) is 1. The summed E-state index contributed by atoms with van der Waals surface area (Å²) in [6, 6.07) is 20.9. The molecular formula is C20H19N3. The molecule has 0 bridgehead atoms. The fourth-order valence-corrected chi connectivity index (χ4v) is 2.91. The van der Waals surface area contributed by atoms with Crippen LogP contribution in [0.15, 0.2) is 66.9 Å². The minimum absolute atomic E-state index is 0.863. The highest BCUT2D eigenvalue weighted by atomic mass is 15.1. The van der Waals surface area contributed by atoms with Crippen LogP contribution in [0.2, 0.25) is 0 Å². The zero-order valence-electron chi connectivity index (χ0n) is 12.9. The molecule has 0 radical (unpaired) electrons. The average Bonchev–Trinajstić information content (AvgIpc) is 3.05. The summed E-state index contributed by atoms with van der Waals surface area (Å²) < 4.78 is 0. The third kappa shape index (κ3) is 3.04. The van der Waals surface area contributed by atoms with Crippen molar-refractivity contribution in [2.75, 3.05) is 6.54 Å². The van der Waals surface area contributed by atoms with Crippen LogP contribution in [0.1, 0.15) is 17.0 Å². The first-order chi connectivity index (χ1) is 11.4. The molecule has 0 saturated carbocycles. The van der Waals surface area contributed by atoms with Gasteiger partial charge in [0, 0.05) is 18.3 Å². The predicted octanol–water partition coefficient (Wildman–Crippen LogP) is 4.11. The summed E-state index contributed by atoms with van der Waals surface area (Å²) in [5, 5.41) is 0. The van der Waals surface area contributed by atoms with Crippen molar-refractivity contribution in [3.05, 3.63) is 83.8 Å². The fraction of sp³-hybridized carbons (Fsp3) is 0.150. The van der Waals surface area contributed by atoms with E-state index in [1.807, 2.05) is 18.2 Å². The van der Waals surface area contributed by atoms with E-state index in [-0.39, 0.29) is 0 Å². The van der Waals surface area contributed by atoms with Crippen LogP contribution in [0.3, 0.4) is 0 Å². The molecule has 3 nitrogen and oxygen atoms in total. The van der Waals surface area contributed by atoms with Gasteiger partial charge >= 0.3 is 0 Å². The summed E-state index contributed by atoms with van der Waals surface area (Å²) >= 11 is 0. The van der Waals surface area contributed by atoms with Gasteiger partial charge in [0.25, 0.3) is 0 Å². The van der Waals surface area contributed by atoms with E-state index in [0.717, 1.165) is 42.3 Å². The van der Waals surface area contributed by atoms with Gasteiger partial charge in [0.1, 0.15) is 5.82 Å². The molecule has 23 heavy (non-hydrogen) atoms. The van der Waals surface area contributed by atoms with Crippen LogP contribution in [0.25, 0.3) is 17.5 Å². The molecule has 0 saturated heterocycles. The van der Waals surface area contributed by atoms with Gasteiger partial charge in [-0.3, -0.25) is 0 Å². The van der Waals surface area contributed by atoms with E-state index in [2.05, 4.69) is 64.6 Å². The number of hydrogen-bond acceptors (Lipinski definition) is 2. The van der Waals surface area contributed by atoms with Gasteiger partial charge < -0.3 is 9.88 Å². The minimum Gasteiger partial charge on any atom is -0.371 e. The van der Waals surface area contributed by atoms with E-state index < -0.39 is 0 Å². The van der Waals surface area contributed by atoms with Gasteiger partial charge in [0.15, 0.2) is 0 Å². The van der Waals surface area contributed by atoms with Crippen molar-refractivity contribution in [3.8, 4) is 11.4 Å². The molecule has 114 valence electrons. The first kappa shape index (κ1) is 13.8. The summed E-state index contributed by atoms with van der Waals surface area (Å²) in [6.07, 6.45) is 5.35. The van der Waals surface area contributed by atoms with Crippen LogP contribution in [0.4, 0.5) is 0 Å². The molecule has 1 aliphatic rings. The molecule has 2 aromatic carbocycles. The van der Waals surface area contributed by atoms with Gasteiger partial charge in [0.05, 0.1) is 17.9 Å². The summed E-state index contributed by atoms with van der Waals surface area (Å²) in [4.78, 5) is 10.5. The molecule has 2 heterocycles. The van der Waals surface area contributed by atoms with E-state index in [9.17, 15) is 0 Å². The van der Waals surface area contributed by atoms with Crippen molar-refractivity contribution < 1.29 is 0 Å². The summed E-state index contributed by atoms with van der Waals surface area (Å²) in [5.41, 5.74) is 4.75. The summed E-state index contributed by atoms with van der Waals surface area (Å²) in [7, 11) is 0. The van der Waals surface area contributed by atoms with Crippen LogP contribution in [-0.4, -0.2) is 21.4 Å². The van der Waals surface area contributed by atoms with Crippen LogP contribution < -0.4 is 0 Å². The largest absolute Gasteiger partial charge is 0.371 e. The Morgan fingerprint density at radius 2 is 1.70 bits per heavy atom. The van der Waals surface area contributed by atoms with Gasteiger partial charge in [-0.25, -0.2) is 4.98 Å². The van der Waals surface area contributed by atoms with Crippen molar-refractivity contribution in [2.45, 2.75) is 13.0 Å². The number of imidazole rings is 1. The Labute approximate surface area is 136 Å². The van der Waals surface area contributed by atoms with Crippen molar-refractivity contribution in [1.82, 2.24) is 14.9 Å². The van der Waals surface area contributed by atoms with Crippen LogP contribution in [0, 0.1) is 0 Å². The van der Waals surface area contributed by atoms with Crippen LogP contribution in [0.5, 0.6) is 0 Å². The number of benzene rings is 2. The smallest absolute Gasteiger partial charge is 0.138 e. The number of nitrogens with zero attached hydrogens (tertiary/aromatic N) is 2. The summed E-state index contributed by atoms with van der Waals surface area (Å²) in [6.45, 7) is 1.87. The standard InChI is InChI=1S/C20H19N3/c1-3-7-16(8-4-1)11-13-23-14-12-18-19(15-23)22-20(21-18)17-9-5-2-6-10-17/h1-10,12,14H,11,13,15H2,(H,21,22). The van der Waals surface area contributed by atoms with Gasteiger partial charge in [-0.05, 0) is 18.1 Å². The van der Waals surface area contributed by atoms with Crippen molar-refractivity contribution in [3.63, 3.8) is 0 Å². The lowest BCUT2D eigenvalue weighted by Crippen LogP contribution is -2.22. The third-order valence-corrected chi connectivity index (χ3v) is 4.19. The van der Waals surface area contributed by atoms with Gasteiger partial charge in [-0.15, -0.1) is 0 Å². The van der Waals surface area contributed by atoms with Crippen molar-refractivity contribution in [2.24, 2.45) is 0 Å². The van der Waals surface area contributed by atoms with Gasteiger partial charge in [0.2, 0.25) is 0 Å². The number of H-pyrrole nitrogens is 1. The van der Waals surface area contributed by atoms with E-state index in [0.29, 0.717) is 0 Å².